The van der Waals surface area contributed by atoms with Gasteiger partial charge in [0.25, 0.3) is 0 Å². The topological polar surface area (TPSA) is 60.2 Å². The summed E-state index contributed by atoms with van der Waals surface area (Å²) in [6.45, 7) is 0. The van der Waals surface area contributed by atoms with E-state index in [1.165, 1.54) is 0 Å². The summed E-state index contributed by atoms with van der Waals surface area (Å²) in [6, 6.07) is 8.42. The molecule has 88 valence electrons. The van der Waals surface area contributed by atoms with Crippen molar-refractivity contribution in [3.63, 3.8) is 0 Å². The van der Waals surface area contributed by atoms with Gasteiger partial charge in [-0.1, -0.05) is 23.2 Å². The molecule has 0 aliphatic heterocycles. The van der Waals surface area contributed by atoms with Crippen LogP contribution in [0.1, 0.15) is 0 Å². The Morgan fingerprint density at radius 3 is 2.53 bits per heavy atom. The molecule has 0 atom stereocenters. The van der Waals surface area contributed by atoms with Gasteiger partial charge in [0.1, 0.15) is 17.3 Å². The average Bonchev–Trinajstić information content (AvgIpc) is 2.34. The van der Waals surface area contributed by atoms with Crippen molar-refractivity contribution < 1.29 is 4.74 Å². The fraction of sp³-hybridized carbons (Fsp3) is 0. The number of rotatable bonds is 3. The second kappa shape index (κ2) is 5.23. The molecule has 0 fully saturated rings. The van der Waals surface area contributed by atoms with Gasteiger partial charge in [-0.3, -0.25) is 0 Å². The van der Waals surface area contributed by atoms with E-state index >= 15 is 0 Å². The Balaban J connectivity index is 2.22. The molecule has 1 heterocycles. The molecule has 4 nitrogen and oxygen atoms in total. The first-order chi connectivity index (χ1) is 8.19. The number of aromatic nitrogens is 1. The number of hydrogen-bond donors (Lipinski definition) is 2. The van der Waals surface area contributed by atoms with E-state index in [0.717, 1.165) is 0 Å². The summed E-state index contributed by atoms with van der Waals surface area (Å²) in [7, 11) is 0. The van der Waals surface area contributed by atoms with Crippen LogP contribution in [0.2, 0.25) is 10.0 Å². The van der Waals surface area contributed by atoms with Crippen molar-refractivity contribution in [2.24, 2.45) is 5.84 Å². The van der Waals surface area contributed by atoms with E-state index in [0.29, 0.717) is 27.4 Å². The van der Waals surface area contributed by atoms with Crippen molar-refractivity contribution in [1.82, 2.24) is 4.98 Å². The zero-order chi connectivity index (χ0) is 12.3. The van der Waals surface area contributed by atoms with E-state index in [1.807, 2.05) is 0 Å². The Labute approximate surface area is 108 Å². The number of benzene rings is 1. The standard InChI is InChI=1S/C11H9Cl2N3O/c12-9-2-1-7(5-10(9)13)17-8-3-4-15-11(6-8)16-14/h1-6H,14H2,(H,15,16). The molecular weight excluding hydrogens is 261 g/mol. The van der Waals surface area contributed by atoms with Gasteiger partial charge in [-0.25, -0.2) is 10.8 Å². The highest BCUT2D eigenvalue weighted by atomic mass is 35.5. The molecule has 0 bridgehead atoms. The smallest absolute Gasteiger partial charge is 0.143 e. The van der Waals surface area contributed by atoms with E-state index < -0.39 is 0 Å². The van der Waals surface area contributed by atoms with Crippen LogP contribution >= 0.6 is 23.2 Å². The summed E-state index contributed by atoms with van der Waals surface area (Å²) >= 11 is 11.7. The normalized spacial score (nSPS) is 10.1. The SMILES string of the molecule is NNc1cc(Oc2ccc(Cl)c(Cl)c2)ccn1. The minimum atomic E-state index is 0.440. The maximum atomic E-state index is 5.88. The van der Waals surface area contributed by atoms with Gasteiger partial charge in [0.15, 0.2) is 0 Å². The first kappa shape index (κ1) is 12.0. The van der Waals surface area contributed by atoms with Crippen LogP contribution in [0, 0.1) is 0 Å². The monoisotopic (exact) mass is 269 g/mol. The number of nitrogens with one attached hydrogen (secondary N) is 1. The van der Waals surface area contributed by atoms with E-state index in [9.17, 15) is 0 Å². The lowest BCUT2D eigenvalue weighted by molar-refractivity contribution is 0.482. The van der Waals surface area contributed by atoms with Crippen molar-refractivity contribution in [1.29, 1.82) is 0 Å². The van der Waals surface area contributed by atoms with Crippen LogP contribution in [0.3, 0.4) is 0 Å². The number of nitrogens with zero attached hydrogens (tertiary/aromatic N) is 1. The maximum absolute atomic E-state index is 5.88. The van der Waals surface area contributed by atoms with Crippen molar-refractivity contribution >= 4 is 29.0 Å². The van der Waals surface area contributed by atoms with Gasteiger partial charge in [-0.05, 0) is 18.2 Å². The van der Waals surface area contributed by atoms with Crippen LogP contribution in [0.4, 0.5) is 5.82 Å². The van der Waals surface area contributed by atoms with Crippen LogP contribution in [-0.2, 0) is 0 Å². The fourth-order valence-electron chi connectivity index (χ4n) is 1.23. The Kier molecular flexibility index (Phi) is 3.68. The molecule has 0 spiro atoms. The molecule has 0 amide bonds. The number of ether oxygens (including phenoxy) is 1. The molecule has 1 aromatic carbocycles. The second-order valence-corrected chi connectivity index (χ2v) is 4.01. The molecular formula is C11H9Cl2N3O. The van der Waals surface area contributed by atoms with Gasteiger partial charge in [0, 0.05) is 18.3 Å². The molecule has 2 aromatic rings. The highest BCUT2D eigenvalue weighted by molar-refractivity contribution is 6.42. The van der Waals surface area contributed by atoms with Crippen LogP contribution in [-0.4, -0.2) is 4.98 Å². The van der Waals surface area contributed by atoms with Gasteiger partial charge in [0.05, 0.1) is 10.0 Å². The highest BCUT2D eigenvalue weighted by Crippen LogP contribution is 2.29. The van der Waals surface area contributed by atoms with Gasteiger partial charge >= 0.3 is 0 Å². The van der Waals surface area contributed by atoms with Crippen molar-refractivity contribution in [2.75, 3.05) is 5.43 Å². The molecule has 0 saturated carbocycles. The number of hydrogen-bond acceptors (Lipinski definition) is 4. The zero-order valence-electron chi connectivity index (χ0n) is 8.65. The molecule has 6 heteroatoms. The largest absolute Gasteiger partial charge is 0.457 e. The molecule has 0 aliphatic rings. The lowest BCUT2D eigenvalue weighted by atomic mass is 10.3. The van der Waals surface area contributed by atoms with E-state index in [4.69, 9.17) is 33.8 Å². The molecule has 0 radical (unpaired) electrons. The van der Waals surface area contributed by atoms with Crippen LogP contribution < -0.4 is 16.0 Å². The highest BCUT2D eigenvalue weighted by Gasteiger charge is 2.02. The average molecular weight is 270 g/mol. The molecule has 1 aromatic heterocycles. The molecule has 17 heavy (non-hydrogen) atoms. The van der Waals surface area contributed by atoms with Gasteiger partial charge < -0.3 is 10.2 Å². The predicted molar refractivity (Wildman–Crippen MR) is 68.6 cm³/mol. The molecule has 0 unspecified atom stereocenters. The molecule has 3 N–H and O–H groups in total. The van der Waals surface area contributed by atoms with E-state index in [-0.39, 0.29) is 0 Å². The number of hydrazine groups is 1. The predicted octanol–water partition coefficient (Wildman–Crippen LogP) is 3.47. The quantitative estimate of drug-likeness (QED) is 0.662. The van der Waals surface area contributed by atoms with Crippen LogP contribution in [0.25, 0.3) is 0 Å². The Bertz CT molecular complexity index is 534. The number of nitrogens with two attached hydrogens (primary N) is 1. The van der Waals surface area contributed by atoms with Crippen molar-refractivity contribution in [3.05, 3.63) is 46.6 Å². The Morgan fingerprint density at radius 1 is 1.06 bits per heavy atom. The molecule has 0 aliphatic carbocycles. The minimum Gasteiger partial charge on any atom is -0.457 e. The second-order valence-electron chi connectivity index (χ2n) is 3.20. The summed E-state index contributed by atoms with van der Waals surface area (Å²) in [6.07, 6.45) is 1.59. The third kappa shape index (κ3) is 3.00. The minimum absolute atomic E-state index is 0.440. The van der Waals surface area contributed by atoms with E-state index in [2.05, 4.69) is 10.4 Å². The first-order valence-corrected chi connectivity index (χ1v) is 5.50. The lowest BCUT2D eigenvalue weighted by Gasteiger charge is -2.07. The first-order valence-electron chi connectivity index (χ1n) is 4.74. The summed E-state index contributed by atoms with van der Waals surface area (Å²) < 4.78 is 5.58. The fourth-order valence-corrected chi connectivity index (χ4v) is 1.52. The summed E-state index contributed by atoms with van der Waals surface area (Å²) in [4.78, 5) is 3.97. The lowest BCUT2D eigenvalue weighted by Crippen LogP contribution is -2.08. The Hall–Kier alpha value is -1.49. The van der Waals surface area contributed by atoms with Gasteiger partial charge in [0.2, 0.25) is 0 Å². The number of halogens is 2. The van der Waals surface area contributed by atoms with Gasteiger partial charge in [-0.15, -0.1) is 0 Å². The zero-order valence-corrected chi connectivity index (χ0v) is 10.2. The maximum Gasteiger partial charge on any atom is 0.143 e. The summed E-state index contributed by atoms with van der Waals surface area (Å²) in [5, 5.41) is 0.924. The number of nitrogen functional groups attached to an aromatic ring is 1. The third-order valence-electron chi connectivity index (χ3n) is 2.01. The van der Waals surface area contributed by atoms with Crippen LogP contribution in [0.5, 0.6) is 11.5 Å². The Morgan fingerprint density at radius 2 is 1.82 bits per heavy atom. The van der Waals surface area contributed by atoms with E-state index in [1.54, 1.807) is 36.5 Å². The summed E-state index contributed by atoms with van der Waals surface area (Å²) in [5.41, 5.74) is 2.44. The third-order valence-corrected chi connectivity index (χ3v) is 2.75. The van der Waals surface area contributed by atoms with Crippen molar-refractivity contribution in [2.45, 2.75) is 0 Å². The number of pyridine rings is 1. The van der Waals surface area contributed by atoms with Crippen LogP contribution in [0.15, 0.2) is 36.5 Å². The van der Waals surface area contributed by atoms with Crippen molar-refractivity contribution in [3.8, 4) is 11.5 Å². The summed E-state index contributed by atoms with van der Waals surface area (Å²) in [5.74, 6) is 6.96. The number of anilines is 1. The molecule has 2 rings (SSSR count). The van der Waals surface area contributed by atoms with Gasteiger partial charge in [-0.2, -0.15) is 0 Å². The molecule has 0 saturated heterocycles.